The van der Waals surface area contributed by atoms with Gasteiger partial charge in [0.2, 0.25) is 5.91 Å². The lowest BCUT2D eigenvalue weighted by Gasteiger charge is -2.39. The Bertz CT molecular complexity index is 1440. The van der Waals surface area contributed by atoms with E-state index in [1.54, 1.807) is 50.4 Å². The second-order valence-electron chi connectivity index (χ2n) is 8.70. The number of hydrogen-bond donors (Lipinski definition) is 1. The third kappa shape index (κ3) is 3.69. The minimum atomic E-state index is -0.618. The fraction of sp³-hybridized carbons (Fsp3) is 0.214. The molecule has 0 radical (unpaired) electrons. The third-order valence-corrected chi connectivity index (χ3v) is 6.76. The van der Waals surface area contributed by atoms with Crippen LogP contribution in [0.25, 0.3) is 10.9 Å². The molecule has 1 N–H and O–H groups in total. The van der Waals surface area contributed by atoms with Crippen LogP contribution < -0.4 is 14.8 Å². The number of para-hydroxylation sites is 1. The number of carbonyl (C=O) groups is 2. The molecule has 0 aliphatic carbocycles. The molecule has 0 spiro atoms. The maximum absolute atomic E-state index is 13.9. The van der Waals surface area contributed by atoms with Gasteiger partial charge in [0, 0.05) is 54.1 Å². The van der Waals surface area contributed by atoms with E-state index in [0.29, 0.717) is 28.3 Å². The van der Waals surface area contributed by atoms with Crippen LogP contribution in [0.1, 0.15) is 33.4 Å². The molecule has 1 aliphatic rings. The van der Waals surface area contributed by atoms with Crippen LogP contribution in [-0.4, -0.2) is 42.5 Å². The summed E-state index contributed by atoms with van der Waals surface area (Å²) in [6.45, 7) is 0. The number of ether oxygens (including phenoxy) is 2. The molecular weight excluding hydrogens is 442 g/mol. The largest absolute Gasteiger partial charge is 0.493 e. The first-order valence-electron chi connectivity index (χ1n) is 11.4. The maximum atomic E-state index is 13.9. The molecule has 7 heteroatoms. The predicted octanol–water partition coefficient (Wildman–Crippen LogP) is 4.74. The van der Waals surface area contributed by atoms with E-state index in [9.17, 15) is 9.59 Å². The second kappa shape index (κ2) is 8.83. The zero-order chi connectivity index (χ0) is 24.7. The smallest absolute Gasteiger partial charge is 0.254 e. The van der Waals surface area contributed by atoms with Gasteiger partial charge in [-0.3, -0.25) is 9.59 Å². The number of carbonyl (C=O) groups excluding carboxylic acids is 2. The summed E-state index contributed by atoms with van der Waals surface area (Å²) in [5.74, 6) is 0.170. The molecule has 5 rings (SSSR count). The molecule has 35 heavy (non-hydrogen) atoms. The molecule has 178 valence electrons. The van der Waals surface area contributed by atoms with Gasteiger partial charge in [-0.05, 0) is 29.8 Å². The molecular formula is C28H27N3O4. The summed E-state index contributed by atoms with van der Waals surface area (Å²) in [6, 6.07) is 20.2. The highest BCUT2D eigenvalue weighted by Gasteiger charge is 2.43. The first-order valence-corrected chi connectivity index (χ1v) is 11.4. The quantitative estimate of drug-likeness (QED) is 0.458. The maximum Gasteiger partial charge on any atom is 0.254 e. The number of nitrogens with one attached hydrogen (secondary N) is 1. The summed E-state index contributed by atoms with van der Waals surface area (Å²) in [6.07, 6.45) is 2.02. The first kappa shape index (κ1) is 22.5. The Kier molecular flexibility index (Phi) is 5.68. The van der Waals surface area contributed by atoms with Gasteiger partial charge in [-0.2, -0.15) is 0 Å². The van der Waals surface area contributed by atoms with Crippen molar-refractivity contribution in [3.05, 3.63) is 89.6 Å². The summed E-state index contributed by atoms with van der Waals surface area (Å²) in [5.41, 5.74) is 3.81. The number of anilines is 1. The first-order chi connectivity index (χ1) is 16.9. The highest BCUT2D eigenvalue weighted by Crippen LogP contribution is 2.45. The summed E-state index contributed by atoms with van der Waals surface area (Å²) >= 11 is 0. The lowest BCUT2D eigenvalue weighted by atomic mass is 9.79. The van der Waals surface area contributed by atoms with Crippen molar-refractivity contribution >= 4 is 28.4 Å². The summed E-state index contributed by atoms with van der Waals surface area (Å²) in [4.78, 5) is 29.0. The number of amides is 2. The van der Waals surface area contributed by atoms with Crippen molar-refractivity contribution in [1.29, 1.82) is 0 Å². The Morgan fingerprint density at radius 2 is 1.60 bits per heavy atom. The number of methoxy groups -OCH3 is 2. The number of likely N-dealkylation sites (N-methyl/N-ethyl adjacent to an activating group) is 1. The number of nitrogens with zero attached hydrogens (tertiary/aromatic N) is 2. The van der Waals surface area contributed by atoms with Gasteiger partial charge in [-0.15, -0.1) is 0 Å². The molecule has 2 atom stereocenters. The van der Waals surface area contributed by atoms with Crippen molar-refractivity contribution in [3.63, 3.8) is 0 Å². The van der Waals surface area contributed by atoms with E-state index in [2.05, 4.69) is 5.32 Å². The summed E-state index contributed by atoms with van der Waals surface area (Å²) in [5, 5.41) is 4.07. The number of benzene rings is 3. The molecule has 7 nitrogen and oxygen atoms in total. The van der Waals surface area contributed by atoms with Gasteiger partial charge in [0.25, 0.3) is 5.91 Å². The molecule has 2 amide bonds. The molecule has 3 aromatic carbocycles. The average molecular weight is 470 g/mol. The van der Waals surface area contributed by atoms with Gasteiger partial charge in [-0.25, -0.2) is 0 Å². The van der Waals surface area contributed by atoms with Gasteiger partial charge in [0.15, 0.2) is 11.5 Å². The number of rotatable bonds is 5. The topological polar surface area (TPSA) is 72.8 Å². The fourth-order valence-electron chi connectivity index (χ4n) is 5.09. The molecule has 1 aliphatic heterocycles. The Balaban J connectivity index is 1.63. The molecule has 0 bridgehead atoms. The zero-order valence-electron chi connectivity index (χ0n) is 20.1. The van der Waals surface area contributed by atoms with Crippen LogP contribution in [0.5, 0.6) is 11.5 Å². The molecule has 4 aromatic rings. The van der Waals surface area contributed by atoms with Crippen molar-refractivity contribution < 1.29 is 19.1 Å². The van der Waals surface area contributed by atoms with Gasteiger partial charge in [-0.1, -0.05) is 36.4 Å². The Morgan fingerprint density at radius 1 is 0.886 bits per heavy atom. The monoisotopic (exact) mass is 469 g/mol. The lowest BCUT2D eigenvalue weighted by Crippen LogP contribution is -2.44. The SMILES string of the molecule is COc1ccc(NC(=O)[C@@H]2c3ccccc3C(=O)N(C)[C@@H]2c2cn(C)c3ccccc23)cc1OC. The highest BCUT2D eigenvalue weighted by atomic mass is 16.5. The molecule has 0 unspecified atom stereocenters. The molecule has 0 saturated carbocycles. The van der Waals surface area contributed by atoms with Crippen LogP contribution in [0.4, 0.5) is 5.69 Å². The van der Waals surface area contributed by atoms with Crippen LogP contribution >= 0.6 is 0 Å². The van der Waals surface area contributed by atoms with Crippen LogP contribution in [-0.2, 0) is 11.8 Å². The standard InChI is InChI=1S/C28H27N3O4/c1-30-16-21(18-9-7-8-12-22(18)30)26-25(19-10-5-6-11-20(19)28(33)31(26)2)27(32)29-17-13-14-23(34-3)24(15-17)35-4/h5-16,25-26H,1-4H3,(H,29,32)/t25-,26-/m1/s1. The average Bonchev–Trinajstić information content (AvgIpc) is 3.21. The Labute approximate surface area is 203 Å². The van der Waals surface area contributed by atoms with Crippen LogP contribution in [0.3, 0.4) is 0 Å². The fourth-order valence-corrected chi connectivity index (χ4v) is 5.09. The zero-order valence-corrected chi connectivity index (χ0v) is 20.1. The van der Waals surface area contributed by atoms with Crippen molar-refractivity contribution in [1.82, 2.24) is 9.47 Å². The van der Waals surface area contributed by atoms with Crippen LogP contribution in [0, 0.1) is 0 Å². The number of aryl methyl sites for hydroxylation is 1. The molecule has 0 saturated heterocycles. The van der Waals surface area contributed by atoms with Crippen molar-refractivity contribution in [3.8, 4) is 11.5 Å². The molecule has 1 aromatic heterocycles. The number of fused-ring (bicyclic) bond motifs is 2. The van der Waals surface area contributed by atoms with Crippen molar-refractivity contribution in [2.75, 3.05) is 26.6 Å². The van der Waals surface area contributed by atoms with Gasteiger partial charge in [0.05, 0.1) is 26.2 Å². The van der Waals surface area contributed by atoms with E-state index in [-0.39, 0.29) is 11.8 Å². The molecule has 0 fully saturated rings. The minimum absolute atomic E-state index is 0.103. The number of aromatic nitrogens is 1. The van der Waals surface area contributed by atoms with Crippen molar-refractivity contribution in [2.24, 2.45) is 7.05 Å². The summed E-state index contributed by atoms with van der Waals surface area (Å²) in [7, 11) is 6.86. The van der Waals surface area contributed by atoms with E-state index in [1.165, 1.54) is 0 Å². The Hall–Kier alpha value is -4.26. The highest BCUT2D eigenvalue weighted by molar-refractivity contribution is 6.05. The lowest BCUT2D eigenvalue weighted by molar-refractivity contribution is -0.119. The van der Waals surface area contributed by atoms with E-state index < -0.39 is 12.0 Å². The van der Waals surface area contributed by atoms with E-state index >= 15 is 0 Å². The predicted molar refractivity (Wildman–Crippen MR) is 135 cm³/mol. The summed E-state index contributed by atoms with van der Waals surface area (Å²) < 4.78 is 12.8. The van der Waals surface area contributed by atoms with E-state index in [0.717, 1.165) is 16.5 Å². The van der Waals surface area contributed by atoms with E-state index in [4.69, 9.17) is 9.47 Å². The Morgan fingerprint density at radius 3 is 2.37 bits per heavy atom. The van der Waals surface area contributed by atoms with Crippen molar-refractivity contribution in [2.45, 2.75) is 12.0 Å². The normalized spacial score (nSPS) is 17.3. The third-order valence-electron chi connectivity index (χ3n) is 6.76. The van der Waals surface area contributed by atoms with Gasteiger partial charge >= 0.3 is 0 Å². The van der Waals surface area contributed by atoms with Crippen LogP contribution in [0.2, 0.25) is 0 Å². The van der Waals surface area contributed by atoms with Crippen LogP contribution in [0.15, 0.2) is 72.9 Å². The minimum Gasteiger partial charge on any atom is -0.493 e. The molecule has 2 heterocycles. The number of hydrogen-bond acceptors (Lipinski definition) is 4. The van der Waals surface area contributed by atoms with Gasteiger partial charge in [0.1, 0.15) is 0 Å². The van der Waals surface area contributed by atoms with Gasteiger partial charge < -0.3 is 24.3 Å². The second-order valence-corrected chi connectivity index (χ2v) is 8.70. The van der Waals surface area contributed by atoms with E-state index in [1.807, 2.05) is 60.3 Å².